The first-order valence-corrected chi connectivity index (χ1v) is 11.5. The van der Waals surface area contributed by atoms with Crippen LogP contribution in [0.1, 0.15) is 62.6 Å². The number of nitrogens with one attached hydrogen (secondary N) is 1. The van der Waals surface area contributed by atoms with Crippen LogP contribution < -0.4 is 4.74 Å². The molecule has 1 saturated carbocycles. The average molecular weight is 450 g/mol. The van der Waals surface area contributed by atoms with E-state index in [0.29, 0.717) is 12.8 Å². The molecule has 0 spiro atoms. The van der Waals surface area contributed by atoms with Gasteiger partial charge >= 0.3 is 5.97 Å². The van der Waals surface area contributed by atoms with Crippen molar-refractivity contribution in [1.82, 2.24) is 14.8 Å². The summed E-state index contributed by atoms with van der Waals surface area (Å²) in [6, 6.07) is 9.25. The molecule has 1 aliphatic rings. The van der Waals surface area contributed by atoms with Gasteiger partial charge in [0.15, 0.2) is 11.6 Å². The van der Waals surface area contributed by atoms with E-state index in [-0.39, 0.29) is 23.5 Å². The van der Waals surface area contributed by atoms with Crippen LogP contribution in [0.25, 0.3) is 27.5 Å². The summed E-state index contributed by atoms with van der Waals surface area (Å²) in [7, 11) is 1.47. The Hall–Kier alpha value is -3.35. The zero-order valence-electron chi connectivity index (χ0n) is 19.1. The fourth-order valence-electron chi connectivity index (χ4n) is 5.46. The van der Waals surface area contributed by atoms with Gasteiger partial charge < -0.3 is 14.4 Å². The number of benzene rings is 2. The maximum absolute atomic E-state index is 14.2. The van der Waals surface area contributed by atoms with Crippen LogP contribution in [0.5, 0.6) is 5.75 Å². The van der Waals surface area contributed by atoms with Gasteiger partial charge in [0.05, 0.1) is 30.3 Å². The largest absolute Gasteiger partial charge is 0.494 e. The maximum Gasteiger partial charge on any atom is 0.306 e. The molecule has 172 valence electrons. The first kappa shape index (κ1) is 21.5. The van der Waals surface area contributed by atoms with Crippen molar-refractivity contribution in [2.45, 2.75) is 51.4 Å². The number of aromatic amines is 1. The van der Waals surface area contributed by atoms with Crippen LogP contribution >= 0.6 is 0 Å². The number of rotatable bonds is 5. The molecule has 2 aromatic heterocycles. The average Bonchev–Trinajstić information content (AvgIpc) is 3.39. The highest BCUT2D eigenvalue weighted by Crippen LogP contribution is 2.45. The molecule has 2 aromatic carbocycles. The molecular formula is C26H28FN3O3. The second-order valence-electron chi connectivity index (χ2n) is 9.32. The lowest BCUT2D eigenvalue weighted by Gasteiger charge is -2.28. The predicted octanol–water partition coefficient (Wildman–Crippen LogP) is 6.14. The highest BCUT2D eigenvalue weighted by molar-refractivity contribution is 5.99. The minimum absolute atomic E-state index is 0.206. The van der Waals surface area contributed by atoms with Crippen LogP contribution in [0.4, 0.5) is 4.39 Å². The fourth-order valence-corrected chi connectivity index (χ4v) is 5.46. The van der Waals surface area contributed by atoms with Gasteiger partial charge in [-0.05, 0) is 67.3 Å². The van der Waals surface area contributed by atoms with E-state index < -0.39 is 11.8 Å². The van der Waals surface area contributed by atoms with Crippen molar-refractivity contribution in [1.29, 1.82) is 0 Å². The monoisotopic (exact) mass is 449 g/mol. The molecular weight excluding hydrogens is 421 g/mol. The van der Waals surface area contributed by atoms with Crippen molar-refractivity contribution in [2.24, 2.45) is 5.92 Å². The zero-order chi connectivity index (χ0) is 23.3. The van der Waals surface area contributed by atoms with Crippen molar-refractivity contribution in [3.63, 3.8) is 0 Å². The molecule has 0 unspecified atom stereocenters. The summed E-state index contributed by atoms with van der Waals surface area (Å²) in [5, 5.41) is 18.9. The van der Waals surface area contributed by atoms with Crippen LogP contribution in [-0.2, 0) is 4.79 Å². The summed E-state index contributed by atoms with van der Waals surface area (Å²) in [4.78, 5) is 11.5. The highest BCUT2D eigenvalue weighted by Gasteiger charge is 2.32. The number of hydrogen-bond donors (Lipinski definition) is 2. The van der Waals surface area contributed by atoms with Crippen molar-refractivity contribution in [2.75, 3.05) is 7.11 Å². The van der Waals surface area contributed by atoms with Crippen molar-refractivity contribution in [3.8, 4) is 11.4 Å². The van der Waals surface area contributed by atoms with Gasteiger partial charge in [-0.2, -0.15) is 5.10 Å². The van der Waals surface area contributed by atoms with Gasteiger partial charge in [0.25, 0.3) is 0 Å². The number of ether oxygens (including phenoxy) is 1. The first-order chi connectivity index (χ1) is 15.9. The Labute approximate surface area is 191 Å². The minimum Gasteiger partial charge on any atom is -0.494 e. The molecule has 0 aliphatic heterocycles. The number of aromatic nitrogens is 3. The van der Waals surface area contributed by atoms with E-state index in [9.17, 15) is 14.3 Å². The number of carboxylic acids is 1. The lowest BCUT2D eigenvalue weighted by atomic mass is 9.77. The van der Waals surface area contributed by atoms with Crippen LogP contribution in [0, 0.1) is 11.7 Å². The predicted molar refractivity (Wildman–Crippen MR) is 126 cm³/mol. The molecule has 2 heterocycles. The molecule has 0 atom stereocenters. The minimum atomic E-state index is -0.697. The molecule has 0 bridgehead atoms. The Balaban J connectivity index is 1.77. The van der Waals surface area contributed by atoms with Gasteiger partial charge in [0, 0.05) is 28.2 Å². The van der Waals surface area contributed by atoms with E-state index in [1.165, 1.54) is 24.4 Å². The summed E-state index contributed by atoms with van der Waals surface area (Å²) in [5.41, 5.74) is 5.29. The second kappa shape index (κ2) is 8.21. The number of methoxy groups -OCH3 is 1. The van der Waals surface area contributed by atoms with Crippen LogP contribution in [-0.4, -0.2) is 33.0 Å². The van der Waals surface area contributed by atoms with E-state index in [2.05, 4.69) is 40.7 Å². The highest BCUT2D eigenvalue weighted by atomic mass is 19.1. The molecule has 4 aromatic rings. The zero-order valence-corrected chi connectivity index (χ0v) is 19.1. The molecule has 33 heavy (non-hydrogen) atoms. The number of carbonyl (C=O) groups is 1. The van der Waals surface area contributed by atoms with E-state index in [4.69, 9.17) is 4.74 Å². The third kappa shape index (κ3) is 3.56. The Morgan fingerprint density at radius 3 is 2.64 bits per heavy atom. The molecule has 7 heteroatoms. The maximum atomic E-state index is 14.2. The third-order valence-electron chi connectivity index (χ3n) is 7.03. The molecule has 0 amide bonds. The second-order valence-corrected chi connectivity index (χ2v) is 9.32. The summed E-state index contributed by atoms with van der Waals surface area (Å²) in [6.07, 6.45) is 4.85. The number of hydrogen-bond acceptors (Lipinski definition) is 3. The molecule has 2 N–H and O–H groups in total. The summed E-state index contributed by atoms with van der Waals surface area (Å²) in [6.45, 7) is 4.34. The number of carboxylic acid groups (broad SMARTS) is 1. The lowest BCUT2D eigenvalue weighted by molar-refractivity contribution is -0.142. The van der Waals surface area contributed by atoms with Gasteiger partial charge in [0.2, 0.25) is 0 Å². The fraction of sp³-hybridized carbons (Fsp3) is 0.385. The van der Waals surface area contributed by atoms with Crippen molar-refractivity contribution in [3.05, 3.63) is 53.6 Å². The standard InChI is InChI=1S/C26H28FN3O3/c1-14(2)25-24(15-4-6-16(7-5-15)26(31)32)19-12-21-17(13-28-29-21)10-22(19)30(25)18-8-9-20(27)23(11-18)33-3/h8-16H,4-7H2,1-3H3,(H,28,29)(H,31,32)/t15-,16-. The summed E-state index contributed by atoms with van der Waals surface area (Å²) >= 11 is 0. The van der Waals surface area contributed by atoms with Crippen molar-refractivity contribution < 1.29 is 19.0 Å². The van der Waals surface area contributed by atoms with E-state index in [1.807, 2.05) is 6.20 Å². The van der Waals surface area contributed by atoms with E-state index in [0.717, 1.165) is 40.3 Å². The number of halogens is 1. The summed E-state index contributed by atoms with van der Waals surface area (Å²) in [5.74, 6) is -0.679. The number of H-pyrrole nitrogens is 1. The van der Waals surface area contributed by atoms with Gasteiger partial charge in [0.1, 0.15) is 0 Å². The molecule has 0 radical (unpaired) electrons. The van der Waals surface area contributed by atoms with Crippen LogP contribution in [0.2, 0.25) is 0 Å². The Kier molecular flexibility index (Phi) is 5.35. The topological polar surface area (TPSA) is 80.1 Å². The normalized spacial score (nSPS) is 18.9. The van der Waals surface area contributed by atoms with E-state index >= 15 is 0 Å². The number of nitrogens with zero attached hydrogens (tertiary/aromatic N) is 2. The van der Waals surface area contributed by atoms with Crippen LogP contribution in [0.3, 0.4) is 0 Å². The van der Waals surface area contributed by atoms with Gasteiger partial charge in [-0.1, -0.05) is 13.8 Å². The van der Waals surface area contributed by atoms with Gasteiger partial charge in [-0.3, -0.25) is 9.89 Å². The van der Waals surface area contributed by atoms with E-state index in [1.54, 1.807) is 12.1 Å². The van der Waals surface area contributed by atoms with Gasteiger partial charge in [-0.15, -0.1) is 0 Å². The Bertz CT molecular complexity index is 1350. The summed E-state index contributed by atoms with van der Waals surface area (Å²) < 4.78 is 21.7. The number of fused-ring (bicyclic) bond motifs is 2. The third-order valence-corrected chi connectivity index (χ3v) is 7.03. The first-order valence-electron chi connectivity index (χ1n) is 11.5. The molecule has 6 nitrogen and oxygen atoms in total. The molecule has 1 aliphatic carbocycles. The van der Waals surface area contributed by atoms with Gasteiger partial charge in [-0.25, -0.2) is 4.39 Å². The SMILES string of the molecule is COc1cc(-n2c(C(C)C)c([C@H]3CC[C@H](C(=O)O)CC3)c3cc4[nH]ncc4cc32)ccc1F. The Morgan fingerprint density at radius 1 is 1.21 bits per heavy atom. The molecule has 0 saturated heterocycles. The van der Waals surface area contributed by atoms with Crippen LogP contribution in [0.15, 0.2) is 36.5 Å². The van der Waals surface area contributed by atoms with Crippen molar-refractivity contribution >= 4 is 27.8 Å². The molecule has 5 rings (SSSR count). The quantitative estimate of drug-likeness (QED) is 0.384. The Morgan fingerprint density at radius 2 is 1.97 bits per heavy atom. The molecule has 1 fully saturated rings. The lowest BCUT2D eigenvalue weighted by Crippen LogP contribution is -2.21. The number of aliphatic carboxylic acids is 1. The smallest absolute Gasteiger partial charge is 0.306 e.